The first-order valence-corrected chi connectivity index (χ1v) is 8.90. The maximum absolute atomic E-state index is 13.9. The second-order valence-corrected chi connectivity index (χ2v) is 6.96. The van der Waals surface area contributed by atoms with Crippen LogP contribution in [0.2, 0.25) is 0 Å². The van der Waals surface area contributed by atoms with Crippen molar-refractivity contribution >= 4 is 11.9 Å². The van der Waals surface area contributed by atoms with Crippen molar-refractivity contribution in [2.45, 2.75) is 25.7 Å². The molecule has 1 aliphatic heterocycles. The van der Waals surface area contributed by atoms with E-state index in [1.54, 1.807) is 11.8 Å². The van der Waals surface area contributed by atoms with Crippen LogP contribution in [0.3, 0.4) is 0 Å². The van der Waals surface area contributed by atoms with Crippen molar-refractivity contribution in [1.82, 2.24) is 19.9 Å². The molecule has 1 aliphatic carbocycles. The Hall–Kier alpha value is -2.84. The molecule has 9 heteroatoms. The molecule has 1 amide bonds. The molecule has 27 heavy (non-hydrogen) atoms. The first kappa shape index (κ1) is 17.6. The van der Waals surface area contributed by atoms with Crippen molar-refractivity contribution < 1.29 is 13.6 Å². The molecule has 0 radical (unpaired) electrons. The Morgan fingerprint density at radius 2 is 1.93 bits per heavy atom. The monoisotopic (exact) mass is 375 g/mol. The van der Waals surface area contributed by atoms with E-state index in [4.69, 9.17) is 0 Å². The molecule has 2 fully saturated rings. The molecule has 7 nitrogen and oxygen atoms in total. The second kappa shape index (κ2) is 6.71. The van der Waals surface area contributed by atoms with Crippen LogP contribution in [0, 0.1) is 18.6 Å². The highest BCUT2D eigenvalue weighted by atomic mass is 19.1. The van der Waals surface area contributed by atoms with E-state index in [-0.39, 0.29) is 23.2 Å². The minimum Gasteiger partial charge on any atom is -0.339 e. The van der Waals surface area contributed by atoms with E-state index < -0.39 is 17.2 Å². The summed E-state index contributed by atoms with van der Waals surface area (Å²) < 4.78 is 27.3. The number of aromatic nitrogens is 3. The molecule has 2 aliphatic rings. The Balaban J connectivity index is 1.47. The number of aryl methyl sites for hydroxylation is 1. The number of pyridine rings is 1. The van der Waals surface area contributed by atoms with Crippen LogP contribution in [-0.2, 0) is 0 Å². The van der Waals surface area contributed by atoms with Crippen LogP contribution in [0.1, 0.15) is 40.5 Å². The Bertz CT molecular complexity index is 949. The third-order valence-electron chi connectivity index (χ3n) is 4.97. The number of halogens is 2. The molecular weight excluding hydrogens is 356 g/mol. The fourth-order valence-corrected chi connectivity index (χ4v) is 3.18. The lowest BCUT2D eigenvalue weighted by atomic mass is 10.2. The van der Waals surface area contributed by atoms with Gasteiger partial charge in [-0.05, 0) is 31.4 Å². The summed E-state index contributed by atoms with van der Waals surface area (Å²) in [6.45, 7) is 3.28. The summed E-state index contributed by atoms with van der Waals surface area (Å²) in [6, 6.07) is 1.44. The van der Waals surface area contributed by atoms with E-state index in [0.29, 0.717) is 37.7 Å². The van der Waals surface area contributed by atoms with Crippen molar-refractivity contribution in [3.05, 3.63) is 51.2 Å². The Morgan fingerprint density at radius 1 is 1.22 bits per heavy atom. The molecule has 2 aromatic heterocycles. The van der Waals surface area contributed by atoms with E-state index in [9.17, 15) is 18.4 Å². The summed E-state index contributed by atoms with van der Waals surface area (Å²) in [5.41, 5.74) is 0.0454. The van der Waals surface area contributed by atoms with Gasteiger partial charge in [-0.15, -0.1) is 0 Å². The van der Waals surface area contributed by atoms with Gasteiger partial charge >= 0.3 is 0 Å². The van der Waals surface area contributed by atoms with Crippen molar-refractivity contribution in [2.75, 3.05) is 31.1 Å². The summed E-state index contributed by atoms with van der Waals surface area (Å²) in [6.07, 6.45) is 2.74. The number of hydrogen-bond donors (Lipinski definition) is 1. The number of carbonyl (C=O) groups excluding carboxylic acids is 1. The molecule has 1 N–H and O–H groups in total. The van der Waals surface area contributed by atoms with Crippen molar-refractivity contribution in [1.29, 1.82) is 0 Å². The number of aromatic amines is 1. The summed E-state index contributed by atoms with van der Waals surface area (Å²) in [7, 11) is 0. The first-order chi connectivity index (χ1) is 12.9. The largest absolute Gasteiger partial charge is 0.339 e. The molecule has 0 spiro atoms. The van der Waals surface area contributed by atoms with E-state index in [0.717, 1.165) is 19.0 Å². The smallest absolute Gasteiger partial charge is 0.288 e. The maximum atomic E-state index is 13.9. The van der Waals surface area contributed by atoms with Gasteiger partial charge in [0, 0.05) is 32.1 Å². The molecule has 0 unspecified atom stereocenters. The highest BCUT2D eigenvalue weighted by molar-refractivity contribution is 5.92. The minimum atomic E-state index is -0.798. The van der Waals surface area contributed by atoms with Gasteiger partial charge in [0.2, 0.25) is 11.8 Å². The Morgan fingerprint density at radius 3 is 2.56 bits per heavy atom. The number of anilines is 1. The number of hydrogen-bond acceptors (Lipinski definition) is 5. The van der Waals surface area contributed by atoms with Gasteiger partial charge in [-0.25, -0.2) is 14.4 Å². The zero-order chi connectivity index (χ0) is 19.1. The predicted octanol–water partition coefficient (Wildman–Crippen LogP) is 1.59. The van der Waals surface area contributed by atoms with Crippen LogP contribution >= 0.6 is 0 Å². The number of rotatable bonds is 3. The minimum absolute atomic E-state index is 0.0294. The van der Waals surface area contributed by atoms with Crippen LogP contribution in [0.5, 0.6) is 0 Å². The second-order valence-electron chi connectivity index (χ2n) is 6.96. The fourth-order valence-electron chi connectivity index (χ4n) is 3.18. The van der Waals surface area contributed by atoms with E-state index in [2.05, 4.69) is 15.0 Å². The normalized spacial score (nSPS) is 17.3. The van der Waals surface area contributed by atoms with Crippen LogP contribution < -0.4 is 10.5 Å². The predicted molar refractivity (Wildman–Crippen MR) is 93.8 cm³/mol. The summed E-state index contributed by atoms with van der Waals surface area (Å²) in [5, 5.41) is 0. The highest BCUT2D eigenvalue weighted by Crippen LogP contribution is 2.39. The van der Waals surface area contributed by atoms with Gasteiger partial charge in [0.15, 0.2) is 0 Å². The number of H-pyrrole nitrogens is 1. The fraction of sp³-hybridized carbons (Fsp3) is 0.444. The van der Waals surface area contributed by atoms with Crippen molar-refractivity contribution in [3.63, 3.8) is 0 Å². The first-order valence-electron chi connectivity index (χ1n) is 8.90. The summed E-state index contributed by atoms with van der Waals surface area (Å²) >= 11 is 0. The van der Waals surface area contributed by atoms with Crippen LogP contribution in [0.15, 0.2) is 17.1 Å². The zero-order valence-corrected chi connectivity index (χ0v) is 14.8. The van der Waals surface area contributed by atoms with E-state index in [1.165, 1.54) is 6.07 Å². The van der Waals surface area contributed by atoms with Crippen LogP contribution in [-0.4, -0.2) is 51.9 Å². The van der Waals surface area contributed by atoms with Crippen molar-refractivity contribution in [3.8, 4) is 0 Å². The molecular formula is C18H19F2N5O2. The average molecular weight is 375 g/mol. The molecule has 0 aromatic carbocycles. The molecule has 4 rings (SSSR count). The molecule has 0 bridgehead atoms. The maximum Gasteiger partial charge on any atom is 0.288 e. The zero-order valence-electron chi connectivity index (χ0n) is 14.8. The van der Waals surface area contributed by atoms with Crippen LogP contribution in [0.4, 0.5) is 14.7 Å². The number of piperazine rings is 1. The van der Waals surface area contributed by atoms with Gasteiger partial charge in [0.25, 0.3) is 11.5 Å². The summed E-state index contributed by atoms with van der Waals surface area (Å²) in [4.78, 5) is 38.5. The average Bonchev–Trinajstić information content (AvgIpc) is 3.51. The summed E-state index contributed by atoms with van der Waals surface area (Å²) in [5.74, 6) is -1.15. The van der Waals surface area contributed by atoms with Gasteiger partial charge in [0.1, 0.15) is 11.5 Å². The quantitative estimate of drug-likeness (QED) is 0.881. The third kappa shape index (κ3) is 3.41. The van der Waals surface area contributed by atoms with Crippen LogP contribution in [0.25, 0.3) is 0 Å². The number of nitrogens with one attached hydrogen (secondary N) is 1. The van der Waals surface area contributed by atoms with Gasteiger partial charge < -0.3 is 9.80 Å². The van der Waals surface area contributed by atoms with Gasteiger partial charge in [-0.2, -0.15) is 4.39 Å². The van der Waals surface area contributed by atoms with Gasteiger partial charge in [-0.1, -0.05) is 0 Å². The number of nitrogens with zero attached hydrogens (tertiary/aromatic N) is 4. The van der Waals surface area contributed by atoms with Crippen molar-refractivity contribution in [2.24, 2.45) is 0 Å². The van der Waals surface area contributed by atoms with Gasteiger partial charge in [0.05, 0.1) is 11.9 Å². The van der Waals surface area contributed by atoms with Gasteiger partial charge in [-0.3, -0.25) is 14.6 Å². The Kier molecular flexibility index (Phi) is 4.37. The Labute approximate surface area is 154 Å². The molecule has 2 aromatic rings. The molecule has 1 saturated heterocycles. The number of amides is 1. The SMILES string of the molecule is Cc1cc(C(=O)N2CCN(c3nc(C4CC4)c(F)c(=O)[nH]3)CC2)ncc1F. The van der Waals surface area contributed by atoms with E-state index in [1.807, 2.05) is 4.90 Å². The lowest BCUT2D eigenvalue weighted by molar-refractivity contribution is 0.0740. The third-order valence-corrected chi connectivity index (χ3v) is 4.97. The highest BCUT2D eigenvalue weighted by Gasteiger charge is 2.31. The number of carbonyl (C=O) groups is 1. The standard InChI is InChI=1S/C18H19F2N5O2/c1-10-8-13(21-9-12(10)19)17(27)24-4-6-25(7-5-24)18-22-15(11-2-3-11)14(20)16(26)23-18/h8-9,11H,2-7H2,1H3,(H,22,23,26). The lowest BCUT2D eigenvalue weighted by Gasteiger charge is -2.35. The molecule has 0 atom stereocenters. The molecule has 3 heterocycles. The lowest BCUT2D eigenvalue weighted by Crippen LogP contribution is -2.49. The molecule has 1 saturated carbocycles. The topological polar surface area (TPSA) is 82.2 Å². The van der Waals surface area contributed by atoms with E-state index >= 15 is 0 Å². The molecule has 142 valence electrons.